The van der Waals surface area contributed by atoms with Gasteiger partial charge < -0.3 is 10.2 Å². The molecule has 1 N–H and O–H groups in total. The van der Waals surface area contributed by atoms with Gasteiger partial charge in [0.2, 0.25) is 0 Å². The molecule has 0 amide bonds. The summed E-state index contributed by atoms with van der Waals surface area (Å²) in [6.07, 6.45) is 7.00. The molecule has 1 aromatic rings. The van der Waals surface area contributed by atoms with Crippen LogP contribution in [0.5, 0.6) is 0 Å². The summed E-state index contributed by atoms with van der Waals surface area (Å²) in [6.45, 7) is 5.54. The van der Waals surface area contributed by atoms with Gasteiger partial charge in [-0.2, -0.15) is 0 Å². The Hall–Kier alpha value is -0.610. The molecular weight excluding hydrogens is 290 g/mol. The van der Waals surface area contributed by atoms with Crippen LogP contribution in [0, 0.1) is 0 Å². The molecule has 0 radical (unpaired) electrons. The highest BCUT2D eigenvalue weighted by atomic mass is 79.9. The van der Waals surface area contributed by atoms with Crippen molar-refractivity contribution in [1.29, 1.82) is 0 Å². The van der Waals surface area contributed by atoms with Gasteiger partial charge in [-0.1, -0.05) is 13.3 Å². The monoisotopic (exact) mass is 311 g/mol. The zero-order valence-electron chi connectivity index (χ0n) is 11.0. The maximum absolute atomic E-state index is 4.51. The van der Waals surface area contributed by atoms with E-state index >= 15 is 0 Å². The molecule has 2 rings (SSSR count). The van der Waals surface area contributed by atoms with Gasteiger partial charge in [0.15, 0.2) is 0 Å². The fourth-order valence-corrected chi connectivity index (χ4v) is 2.70. The lowest BCUT2D eigenvalue weighted by Crippen LogP contribution is -2.44. The van der Waals surface area contributed by atoms with Crippen molar-refractivity contribution in [3.05, 3.63) is 22.8 Å². The third-order valence-electron chi connectivity index (χ3n) is 3.38. The highest BCUT2D eigenvalue weighted by Crippen LogP contribution is 2.17. The number of anilines is 1. The number of hydrogen-bond donors (Lipinski definition) is 1. The van der Waals surface area contributed by atoms with Gasteiger partial charge in [0.1, 0.15) is 5.82 Å². The minimum atomic E-state index is 0.621. The Labute approximate surface area is 118 Å². The quantitative estimate of drug-likeness (QED) is 0.905. The molecule has 0 spiro atoms. The van der Waals surface area contributed by atoms with Crippen molar-refractivity contribution in [3.8, 4) is 0 Å². The van der Waals surface area contributed by atoms with E-state index in [2.05, 4.69) is 50.2 Å². The van der Waals surface area contributed by atoms with E-state index in [4.69, 9.17) is 0 Å². The van der Waals surface area contributed by atoms with Crippen molar-refractivity contribution in [2.75, 3.05) is 24.5 Å². The van der Waals surface area contributed by atoms with Gasteiger partial charge in [-0.25, -0.2) is 4.98 Å². The summed E-state index contributed by atoms with van der Waals surface area (Å²) in [7, 11) is 0. The molecule has 1 saturated heterocycles. The molecule has 4 heteroatoms. The van der Waals surface area contributed by atoms with E-state index in [0.717, 1.165) is 29.8 Å². The first kappa shape index (κ1) is 13.8. The highest BCUT2D eigenvalue weighted by Gasteiger charge is 2.17. The summed E-state index contributed by atoms with van der Waals surface area (Å²) in [5, 5.41) is 3.61. The predicted octanol–water partition coefficient (Wildman–Crippen LogP) is 3.20. The molecule has 2 heterocycles. The van der Waals surface area contributed by atoms with Crippen LogP contribution in [0.15, 0.2) is 22.8 Å². The van der Waals surface area contributed by atoms with Crippen LogP contribution in [0.3, 0.4) is 0 Å². The zero-order valence-corrected chi connectivity index (χ0v) is 12.6. The lowest BCUT2D eigenvalue weighted by atomic mass is 10.0. The molecule has 1 unspecified atom stereocenters. The molecule has 1 aliphatic heterocycles. The Morgan fingerprint density at radius 2 is 2.33 bits per heavy atom. The van der Waals surface area contributed by atoms with Crippen LogP contribution in [0.25, 0.3) is 0 Å². The summed E-state index contributed by atoms with van der Waals surface area (Å²) in [4.78, 5) is 6.91. The van der Waals surface area contributed by atoms with Crippen molar-refractivity contribution in [1.82, 2.24) is 10.3 Å². The number of halogens is 1. The topological polar surface area (TPSA) is 28.2 Å². The number of hydrogen-bond acceptors (Lipinski definition) is 3. The van der Waals surface area contributed by atoms with Crippen molar-refractivity contribution in [2.45, 2.75) is 38.6 Å². The van der Waals surface area contributed by atoms with Crippen molar-refractivity contribution in [2.24, 2.45) is 0 Å². The normalized spacial score (nSPS) is 19.8. The number of nitrogens with zero attached hydrogens (tertiary/aromatic N) is 2. The molecule has 0 aliphatic carbocycles. The van der Waals surface area contributed by atoms with Gasteiger partial charge >= 0.3 is 0 Å². The van der Waals surface area contributed by atoms with Crippen LogP contribution in [0.1, 0.15) is 32.6 Å². The maximum Gasteiger partial charge on any atom is 0.128 e. The second-order valence-electron chi connectivity index (χ2n) is 4.93. The van der Waals surface area contributed by atoms with Crippen molar-refractivity contribution in [3.63, 3.8) is 0 Å². The van der Waals surface area contributed by atoms with E-state index in [1.807, 2.05) is 6.20 Å². The van der Waals surface area contributed by atoms with Gasteiger partial charge in [-0.05, 0) is 53.9 Å². The van der Waals surface area contributed by atoms with E-state index in [1.165, 1.54) is 25.8 Å². The molecule has 3 nitrogen and oxygen atoms in total. The Balaban J connectivity index is 2.00. The number of aromatic nitrogens is 1. The lowest BCUT2D eigenvalue weighted by Gasteiger charge is -2.31. The Bertz CT molecular complexity index is 347. The largest absolute Gasteiger partial charge is 0.355 e. The van der Waals surface area contributed by atoms with Crippen LogP contribution >= 0.6 is 15.9 Å². The maximum atomic E-state index is 4.51. The van der Waals surface area contributed by atoms with Crippen LogP contribution in [0.2, 0.25) is 0 Å². The third-order valence-corrected chi connectivity index (χ3v) is 3.85. The molecular formula is C14H22BrN3. The van der Waals surface area contributed by atoms with E-state index in [9.17, 15) is 0 Å². The molecule has 1 fully saturated rings. The molecule has 18 heavy (non-hydrogen) atoms. The van der Waals surface area contributed by atoms with Gasteiger partial charge in [0, 0.05) is 29.8 Å². The van der Waals surface area contributed by atoms with Crippen LogP contribution < -0.4 is 10.2 Å². The Kier molecular flexibility index (Phi) is 5.45. The first-order chi connectivity index (χ1) is 8.79. The average Bonchev–Trinajstić information content (AvgIpc) is 2.40. The average molecular weight is 312 g/mol. The fourth-order valence-electron chi connectivity index (χ4n) is 2.47. The van der Waals surface area contributed by atoms with E-state index in [0.29, 0.717) is 6.04 Å². The first-order valence-electron chi connectivity index (χ1n) is 6.89. The highest BCUT2D eigenvalue weighted by molar-refractivity contribution is 9.10. The minimum Gasteiger partial charge on any atom is -0.355 e. The molecule has 1 atom stereocenters. The molecule has 1 aromatic heterocycles. The second kappa shape index (κ2) is 7.10. The summed E-state index contributed by atoms with van der Waals surface area (Å²) < 4.78 is 1.04. The van der Waals surface area contributed by atoms with Crippen LogP contribution in [-0.4, -0.2) is 30.7 Å². The first-order valence-corrected chi connectivity index (χ1v) is 7.69. The molecule has 0 aromatic carbocycles. The SMILES string of the molecule is CCCN(CC1CCCCN1)c1ccc(Br)cn1. The van der Waals surface area contributed by atoms with Gasteiger partial charge in [-0.3, -0.25) is 0 Å². The van der Waals surface area contributed by atoms with E-state index in [1.54, 1.807) is 0 Å². The third kappa shape index (κ3) is 3.95. The summed E-state index contributed by atoms with van der Waals surface area (Å²) in [5.74, 6) is 1.09. The van der Waals surface area contributed by atoms with Crippen molar-refractivity contribution >= 4 is 21.7 Å². The van der Waals surface area contributed by atoms with E-state index < -0.39 is 0 Å². The zero-order chi connectivity index (χ0) is 12.8. The number of pyridine rings is 1. The van der Waals surface area contributed by atoms with Crippen LogP contribution in [0.4, 0.5) is 5.82 Å². The van der Waals surface area contributed by atoms with Gasteiger partial charge in [0.05, 0.1) is 0 Å². The molecule has 100 valence electrons. The Morgan fingerprint density at radius 3 is 2.94 bits per heavy atom. The lowest BCUT2D eigenvalue weighted by molar-refractivity contribution is 0.398. The Morgan fingerprint density at radius 1 is 1.44 bits per heavy atom. The molecule has 0 bridgehead atoms. The molecule has 0 saturated carbocycles. The number of nitrogens with one attached hydrogen (secondary N) is 1. The minimum absolute atomic E-state index is 0.621. The standard InChI is InChI=1S/C14H22BrN3/c1-2-9-18(11-13-5-3-4-8-16-13)14-7-6-12(15)10-17-14/h6-7,10,13,16H,2-5,8-9,11H2,1H3. The predicted molar refractivity (Wildman–Crippen MR) is 80.1 cm³/mol. The van der Waals surface area contributed by atoms with Crippen molar-refractivity contribution < 1.29 is 0 Å². The number of piperidine rings is 1. The van der Waals surface area contributed by atoms with Gasteiger partial charge in [0.25, 0.3) is 0 Å². The van der Waals surface area contributed by atoms with E-state index in [-0.39, 0.29) is 0 Å². The smallest absolute Gasteiger partial charge is 0.128 e. The summed E-state index contributed by atoms with van der Waals surface area (Å²) in [5.41, 5.74) is 0. The second-order valence-corrected chi connectivity index (χ2v) is 5.84. The van der Waals surface area contributed by atoms with Gasteiger partial charge in [-0.15, -0.1) is 0 Å². The van der Waals surface area contributed by atoms with Crippen LogP contribution in [-0.2, 0) is 0 Å². The molecule has 1 aliphatic rings. The fraction of sp³-hybridized carbons (Fsp3) is 0.643. The number of rotatable bonds is 5. The summed E-state index contributed by atoms with van der Waals surface area (Å²) >= 11 is 3.44. The summed E-state index contributed by atoms with van der Waals surface area (Å²) in [6, 6.07) is 4.79.